The van der Waals surface area contributed by atoms with Crippen molar-refractivity contribution in [1.29, 1.82) is 0 Å². The van der Waals surface area contributed by atoms with E-state index >= 15 is 0 Å². The van der Waals surface area contributed by atoms with Gasteiger partial charge in [-0.05, 0) is 66.4 Å². The molecule has 1 aromatic rings. The van der Waals surface area contributed by atoms with Gasteiger partial charge in [-0.3, -0.25) is 19.2 Å². The van der Waals surface area contributed by atoms with E-state index in [2.05, 4.69) is 48.3 Å². The standard InChI is InChI=1S/C33H45N5O5/c1-6-9-14-24(28(39)30(41)34-15-7-2)36-29(40)27-25-23(33(25,4)5)19-38(27)31(42)26(37-32(43)35-16-8-3)22-17-20-12-10-11-13-21(20)18-22/h6-7,10-13,22-27H,1-2,8-9,14-19H2,3-5H3,(H,34,41)(H,36,40)(H2,35,37,43)/t23-,24?,25-,26-,27-/m0/s1. The minimum Gasteiger partial charge on any atom is -0.346 e. The molecular weight excluding hydrogens is 546 g/mol. The molecule has 0 spiro atoms. The van der Waals surface area contributed by atoms with Crippen molar-refractivity contribution in [2.24, 2.45) is 23.2 Å². The maximum atomic E-state index is 14.4. The molecule has 0 radical (unpaired) electrons. The van der Waals surface area contributed by atoms with Crippen LogP contribution < -0.4 is 21.3 Å². The van der Waals surface area contributed by atoms with E-state index in [1.165, 1.54) is 6.08 Å². The number of amides is 5. The van der Waals surface area contributed by atoms with Gasteiger partial charge < -0.3 is 26.2 Å². The molecule has 10 heteroatoms. The predicted octanol–water partition coefficient (Wildman–Crippen LogP) is 2.28. The molecule has 2 aliphatic carbocycles. The van der Waals surface area contributed by atoms with E-state index < -0.39 is 41.8 Å². The lowest BCUT2D eigenvalue weighted by molar-refractivity contribution is -0.144. The van der Waals surface area contributed by atoms with Crippen LogP contribution in [0.3, 0.4) is 0 Å². The van der Waals surface area contributed by atoms with Gasteiger partial charge in [0.05, 0.1) is 6.04 Å². The van der Waals surface area contributed by atoms with Gasteiger partial charge in [0.15, 0.2) is 0 Å². The van der Waals surface area contributed by atoms with Gasteiger partial charge in [0.1, 0.15) is 12.1 Å². The number of Topliss-reactive ketones (excluding diaryl/α,β-unsaturated/α-hetero) is 1. The highest BCUT2D eigenvalue weighted by Crippen LogP contribution is 2.65. The number of likely N-dealkylation sites (tertiary alicyclic amines) is 1. The van der Waals surface area contributed by atoms with Crippen LogP contribution in [0.4, 0.5) is 4.79 Å². The molecule has 4 rings (SSSR count). The Bertz CT molecular complexity index is 1250. The summed E-state index contributed by atoms with van der Waals surface area (Å²) >= 11 is 0. The van der Waals surface area contributed by atoms with Crippen LogP contribution in [0.1, 0.15) is 51.2 Å². The molecule has 1 heterocycles. The maximum Gasteiger partial charge on any atom is 0.315 e. The zero-order valence-corrected chi connectivity index (χ0v) is 25.5. The van der Waals surface area contributed by atoms with Gasteiger partial charge in [0.25, 0.3) is 5.91 Å². The van der Waals surface area contributed by atoms with Crippen LogP contribution in [0.15, 0.2) is 49.6 Å². The summed E-state index contributed by atoms with van der Waals surface area (Å²) in [4.78, 5) is 68.2. The van der Waals surface area contributed by atoms with Crippen LogP contribution in [-0.4, -0.2) is 72.2 Å². The summed E-state index contributed by atoms with van der Waals surface area (Å²) in [5.41, 5.74) is 2.14. The van der Waals surface area contributed by atoms with E-state index in [1.54, 1.807) is 11.0 Å². The quantitative estimate of drug-likeness (QED) is 0.194. The van der Waals surface area contributed by atoms with Gasteiger partial charge in [-0.2, -0.15) is 0 Å². The Hall–Kier alpha value is -3.95. The monoisotopic (exact) mass is 591 g/mol. The number of hydrogen-bond donors (Lipinski definition) is 4. The number of ketones is 1. The van der Waals surface area contributed by atoms with Crippen LogP contribution in [0.5, 0.6) is 0 Å². The summed E-state index contributed by atoms with van der Waals surface area (Å²) in [6.45, 7) is 14.3. The SMILES string of the molecule is C=CCCC(NC(=O)[C@@H]1[C@@H]2[C@H](CN1C(=O)[C@@H](NC(=O)NCCC)C1Cc3ccccc3C1)C2(C)C)C(=O)C(=O)NCC=C. The number of rotatable bonds is 14. The molecule has 2 fully saturated rings. The third-order valence-electron chi connectivity index (χ3n) is 9.33. The lowest BCUT2D eigenvalue weighted by Crippen LogP contribution is -2.60. The molecule has 1 aromatic carbocycles. The summed E-state index contributed by atoms with van der Waals surface area (Å²) < 4.78 is 0. The van der Waals surface area contributed by atoms with Crippen LogP contribution in [0.25, 0.3) is 0 Å². The largest absolute Gasteiger partial charge is 0.346 e. The van der Waals surface area contributed by atoms with Crippen LogP contribution in [0, 0.1) is 23.2 Å². The first-order valence-corrected chi connectivity index (χ1v) is 15.3. The Labute approximate surface area is 254 Å². The number of nitrogens with zero attached hydrogens (tertiary/aromatic N) is 1. The second kappa shape index (κ2) is 13.6. The van der Waals surface area contributed by atoms with Crippen LogP contribution in [0.2, 0.25) is 0 Å². The first-order valence-electron chi connectivity index (χ1n) is 15.3. The normalized spacial score (nSPS) is 22.8. The third-order valence-corrected chi connectivity index (χ3v) is 9.33. The highest BCUT2D eigenvalue weighted by Gasteiger charge is 2.69. The Balaban J connectivity index is 1.57. The summed E-state index contributed by atoms with van der Waals surface area (Å²) in [7, 11) is 0. The topological polar surface area (TPSA) is 137 Å². The molecule has 0 bridgehead atoms. The maximum absolute atomic E-state index is 14.4. The predicted molar refractivity (Wildman–Crippen MR) is 164 cm³/mol. The number of allylic oxidation sites excluding steroid dienone is 1. The zero-order chi connectivity index (χ0) is 31.3. The molecule has 3 aliphatic rings. The minimum atomic E-state index is -1.06. The molecule has 43 heavy (non-hydrogen) atoms. The van der Waals surface area contributed by atoms with Crippen molar-refractivity contribution in [1.82, 2.24) is 26.2 Å². The van der Waals surface area contributed by atoms with Crippen molar-refractivity contribution in [3.05, 3.63) is 60.7 Å². The van der Waals surface area contributed by atoms with Crippen LogP contribution in [-0.2, 0) is 32.0 Å². The smallest absolute Gasteiger partial charge is 0.315 e. The fourth-order valence-electron chi connectivity index (χ4n) is 6.85. The summed E-state index contributed by atoms with van der Waals surface area (Å²) in [6.07, 6.45) is 5.75. The fraction of sp³-hybridized carbons (Fsp3) is 0.545. The Kier molecular flexibility index (Phi) is 10.1. The second-order valence-corrected chi connectivity index (χ2v) is 12.5. The van der Waals surface area contributed by atoms with Gasteiger partial charge in [-0.1, -0.05) is 57.2 Å². The minimum absolute atomic E-state index is 0.100. The molecular formula is C33H45N5O5. The van der Waals surface area contributed by atoms with Crippen molar-refractivity contribution in [3.8, 4) is 0 Å². The van der Waals surface area contributed by atoms with Gasteiger partial charge in [0.2, 0.25) is 17.6 Å². The Morgan fingerprint density at radius 2 is 1.70 bits per heavy atom. The number of carbonyl (C=O) groups excluding carboxylic acids is 5. The summed E-state index contributed by atoms with van der Waals surface area (Å²) in [5.74, 6) is -2.48. The van der Waals surface area contributed by atoms with E-state index in [1.807, 2.05) is 31.2 Å². The number of piperidine rings is 1. The number of carbonyl (C=O) groups is 5. The van der Waals surface area contributed by atoms with Gasteiger partial charge in [-0.25, -0.2) is 4.79 Å². The average Bonchev–Trinajstić information content (AvgIpc) is 3.36. The van der Waals surface area contributed by atoms with Crippen molar-refractivity contribution in [3.63, 3.8) is 0 Å². The van der Waals surface area contributed by atoms with Crippen molar-refractivity contribution in [2.75, 3.05) is 19.6 Å². The Morgan fingerprint density at radius 3 is 2.30 bits per heavy atom. The molecule has 5 atom stereocenters. The second-order valence-electron chi connectivity index (χ2n) is 12.5. The third kappa shape index (κ3) is 6.84. The van der Waals surface area contributed by atoms with Gasteiger partial charge >= 0.3 is 6.03 Å². The van der Waals surface area contributed by atoms with E-state index in [9.17, 15) is 24.0 Å². The molecule has 10 nitrogen and oxygen atoms in total. The highest BCUT2D eigenvalue weighted by molar-refractivity contribution is 6.38. The highest BCUT2D eigenvalue weighted by atomic mass is 16.2. The molecule has 1 saturated heterocycles. The molecule has 4 N–H and O–H groups in total. The number of hydrogen-bond acceptors (Lipinski definition) is 5. The zero-order valence-electron chi connectivity index (χ0n) is 25.5. The first-order chi connectivity index (χ1) is 20.5. The van der Waals surface area contributed by atoms with Crippen molar-refractivity contribution < 1.29 is 24.0 Å². The summed E-state index contributed by atoms with van der Waals surface area (Å²) in [6, 6.07) is 4.90. The van der Waals surface area contributed by atoms with Crippen LogP contribution >= 0.6 is 0 Å². The molecule has 1 unspecified atom stereocenters. The molecule has 0 aromatic heterocycles. The Morgan fingerprint density at radius 1 is 1.02 bits per heavy atom. The number of urea groups is 1. The van der Waals surface area contributed by atoms with Gasteiger partial charge in [-0.15, -0.1) is 13.2 Å². The number of nitrogens with one attached hydrogen (secondary N) is 4. The molecule has 1 aliphatic heterocycles. The van der Waals surface area contributed by atoms with Crippen molar-refractivity contribution >= 4 is 29.5 Å². The molecule has 1 saturated carbocycles. The van der Waals surface area contributed by atoms with E-state index in [0.717, 1.165) is 17.5 Å². The fourth-order valence-corrected chi connectivity index (χ4v) is 6.85. The number of fused-ring (bicyclic) bond motifs is 2. The van der Waals surface area contributed by atoms with E-state index in [-0.39, 0.29) is 42.0 Å². The van der Waals surface area contributed by atoms with Crippen molar-refractivity contribution in [2.45, 2.75) is 71.0 Å². The lowest BCUT2D eigenvalue weighted by atomic mass is 9.93. The first kappa shape index (κ1) is 32.0. The molecule has 5 amide bonds. The van der Waals surface area contributed by atoms with E-state index in [0.29, 0.717) is 32.4 Å². The summed E-state index contributed by atoms with van der Waals surface area (Å²) in [5, 5.41) is 11.0. The molecule has 232 valence electrons. The average molecular weight is 592 g/mol. The number of benzene rings is 1. The van der Waals surface area contributed by atoms with Gasteiger partial charge in [0, 0.05) is 19.6 Å². The van der Waals surface area contributed by atoms with E-state index in [4.69, 9.17) is 0 Å². The lowest BCUT2D eigenvalue weighted by Gasteiger charge is -2.35.